The maximum atomic E-state index is 15.2. The standard InChI is InChI=1S/C28H37FN4O5/c1-16-22-23(31-33(16)26(36)38-28(5,6)7)20-12-17-10-8-9-11-18(17)13-21(20)32(24(22)34)15-19(29)14-30-25(35)37-27(2,3)4/h12-13,19H,8-11,14-15H2,1-7H3,(H,30,35)/t19-/m1/s1. The summed E-state index contributed by atoms with van der Waals surface area (Å²) in [5, 5.41) is 7.87. The molecule has 1 aliphatic carbocycles. The van der Waals surface area contributed by atoms with E-state index in [0.29, 0.717) is 22.1 Å². The molecular formula is C28H37FN4O5. The van der Waals surface area contributed by atoms with Crippen molar-refractivity contribution in [1.29, 1.82) is 0 Å². The largest absolute Gasteiger partial charge is 0.444 e. The Morgan fingerprint density at radius 1 is 1.05 bits per heavy atom. The Labute approximate surface area is 221 Å². The van der Waals surface area contributed by atoms with Crippen LogP contribution in [0.15, 0.2) is 16.9 Å². The summed E-state index contributed by atoms with van der Waals surface area (Å²) < 4.78 is 28.4. The molecule has 0 unspecified atom stereocenters. The topological polar surface area (TPSA) is 104 Å². The summed E-state index contributed by atoms with van der Waals surface area (Å²) in [4.78, 5) is 38.7. The van der Waals surface area contributed by atoms with Crippen LogP contribution >= 0.6 is 0 Å². The van der Waals surface area contributed by atoms with Gasteiger partial charge in [0.15, 0.2) is 0 Å². The molecule has 0 spiro atoms. The fourth-order valence-electron chi connectivity index (χ4n) is 4.81. The first kappa shape index (κ1) is 27.6. The molecule has 1 aromatic carbocycles. The first-order valence-corrected chi connectivity index (χ1v) is 13.1. The van der Waals surface area contributed by atoms with Crippen LogP contribution in [0.2, 0.25) is 0 Å². The third-order valence-electron chi connectivity index (χ3n) is 6.40. The molecule has 1 amide bonds. The summed E-state index contributed by atoms with van der Waals surface area (Å²) >= 11 is 0. The number of carbonyl (C=O) groups is 2. The molecule has 0 bridgehead atoms. The molecule has 4 rings (SSSR count). The first-order chi connectivity index (χ1) is 17.6. The summed E-state index contributed by atoms with van der Waals surface area (Å²) in [6.45, 7) is 11.5. The van der Waals surface area contributed by atoms with Gasteiger partial charge in [0, 0.05) is 5.39 Å². The first-order valence-electron chi connectivity index (χ1n) is 13.1. The van der Waals surface area contributed by atoms with Crippen molar-refractivity contribution in [2.75, 3.05) is 6.54 Å². The monoisotopic (exact) mass is 528 g/mol. The van der Waals surface area contributed by atoms with Gasteiger partial charge in [0.25, 0.3) is 5.56 Å². The lowest BCUT2D eigenvalue weighted by Gasteiger charge is -2.21. The predicted molar refractivity (Wildman–Crippen MR) is 144 cm³/mol. The van der Waals surface area contributed by atoms with Crippen LogP contribution in [-0.4, -0.2) is 50.5 Å². The third kappa shape index (κ3) is 5.84. The predicted octanol–water partition coefficient (Wildman–Crippen LogP) is 5.18. The molecule has 0 aliphatic heterocycles. The van der Waals surface area contributed by atoms with Crippen LogP contribution in [0.1, 0.15) is 71.2 Å². The van der Waals surface area contributed by atoms with Crippen LogP contribution < -0.4 is 10.9 Å². The van der Waals surface area contributed by atoms with Crippen LogP contribution in [0.4, 0.5) is 14.0 Å². The van der Waals surface area contributed by atoms with Crippen LogP contribution in [-0.2, 0) is 28.9 Å². The van der Waals surface area contributed by atoms with Crippen molar-refractivity contribution in [3.63, 3.8) is 0 Å². The minimum Gasteiger partial charge on any atom is -0.444 e. The number of carbonyl (C=O) groups excluding carboxylic acids is 2. The maximum Gasteiger partial charge on any atom is 0.435 e. The Morgan fingerprint density at radius 3 is 2.26 bits per heavy atom. The summed E-state index contributed by atoms with van der Waals surface area (Å²) in [6, 6.07) is 3.96. The van der Waals surface area contributed by atoms with E-state index in [9.17, 15) is 14.4 Å². The second kappa shape index (κ2) is 10.0. The molecule has 9 nitrogen and oxygen atoms in total. The zero-order chi connectivity index (χ0) is 28.0. The van der Waals surface area contributed by atoms with Gasteiger partial charge in [-0.15, -0.1) is 0 Å². The Morgan fingerprint density at radius 2 is 1.66 bits per heavy atom. The Kier molecular flexibility index (Phi) is 7.29. The van der Waals surface area contributed by atoms with E-state index in [1.807, 2.05) is 12.1 Å². The van der Waals surface area contributed by atoms with Gasteiger partial charge in [0.05, 0.1) is 29.7 Å². The lowest BCUT2D eigenvalue weighted by Crippen LogP contribution is -2.38. The fraction of sp³-hybridized carbons (Fsp3) is 0.571. The number of rotatable bonds is 4. The van der Waals surface area contributed by atoms with Gasteiger partial charge in [-0.25, -0.2) is 14.0 Å². The lowest BCUT2D eigenvalue weighted by atomic mass is 9.90. The highest BCUT2D eigenvalue weighted by Gasteiger charge is 2.26. The van der Waals surface area contributed by atoms with Gasteiger partial charge < -0.3 is 19.4 Å². The molecule has 2 heterocycles. The molecule has 10 heteroatoms. The van der Waals surface area contributed by atoms with Crippen LogP contribution in [0.25, 0.3) is 21.8 Å². The Hall–Kier alpha value is -3.43. The van der Waals surface area contributed by atoms with Gasteiger partial charge in [-0.1, -0.05) is 0 Å². The number of amides is 1. The Bertz CT molecular complexity index is 1460. The normalized spacial score (nSPS) is 14.8. The van der Waals surface area contributed by atoms with Crippen molar-refractivity contribution < 1.29 is 23.5 Å². The van der Waals surface area contributed by atoms with Crippen molar-refractivity contribution in [2.24, 2.45) is 0 Å². The number of fused-ring (bicyclic) bond motifs is 4. The van der Waals surface area contributed by atoms with Gasteiger partial charge in [0.2, 0.25) is 0 Å². The zero-order valence-electron chi connectivity index (χ0n) is 23.2. The smallest absolute Gasteiger partial charge is 0.435 e. The summed E-state index contributed by atoms with van der Waals surface area (Å²) in [7, 11) is 0. The number of alkyl halides is 1. The van der Waals surface area contributed by atoms with Crippen molar-refractivity contribution in [2.45, 2.75) is 98.1 Å². The SMILES string of the molecule is Cc1c2c(=O)n(C[C@H](F)CNC(=O)OC(C)(C)C)c3cc4c(cc3c2nn1C(=O)OC(C)(C)C)CCCC4. The quantitative estimate of drug-likeness (QED) is 0.500. The van der Waals surface area contributed by atoms with E-state index in [1.165, 1.54) is 10.1 Å². The van der Waals surface area contributed by atoms with Crippen molar-refractivity contribution in [1.82, 2.24) is 19.7 Å². The summed E-state index contributed by atoms with van der Waals surface area (Å²) in [5.41, 5.74) is 1.66. The molecule has 0 saturated carbocycles. The number of alkyl carbamates (subject to hydrolysis) is 1. The van der Waals surface area contributed by atoms with Gasteiger partial charge >= 0.3 is 12.2 Å². The number of hydrogen-bond acceptors (Lipinski definition) is 6. The van der Waals surface area contributed by atoms with Crippen LogP contribution in [0.3, 0.4) is 0 Å². The lowest BCUT2D eigenvalue weighted by molar-refractivity contribution is 0.0501. The summed E-state index contributed by atoms with van der Waals surface area (Å²) in [5.74, 6) is 0. The second-order valence-electron chi connectivity index (χ2n) is 11.9. The number of aryl methyl sites for hydroxylation is 3. The number of benzene rings is 1. The average Bonchev–Trinajstić information content (AvgIpc) is 3.15. The number of nitrogens with one attached hydrogen (secondary N) is 1. The maximum absolute atomic E-state index is 15.2. The van der Waals surface area contributed by atoms with Gasteiger partial charge in [-0.05, 0) is 97.4 Å². The van der Waals surface area contributed by atoms with Crippen molar-refractivity contribution >= 4 is 34.0 Å². The highest BCUT2D eigenvalue weighted by atomic mass is 19.1. The van der Waals surface area contributed by atoms with E-state index in [1.54, 1.807) is 48.5 Å². The molecule has 206 valence electrons. The Balaban J connectivity index is 1.80. The number of nitrogens with zero attached hydrogens (tertiary/aromatic N) is 3. The van der Waals surface area contributed by atoms with Crippen molar-refractivity contribution in [3.8, 4) is 0 Å². The second-order valence-corrected chi connectivity index (χ2v) is 11.9. The number of halogens is 1. The number of ether oxygens (including phenoxy) is 2. The minimum atomic E-state index is -1.56. The zero-order valence-corrected chi connectivity index (χ0v) is 23.2. The van der Waals surface area contributed by atoms with E-state index in [4.69, 9.17) is 9.47 Å². The molecule has 0 radical (unpaired) electrons. The van der Waals surface area contributed by atoms with E-state index < -0.39 is 35.1 Å². The molecule has 1 N–H and O–H groups in total. The van der Waals surface area contributed by atoms with Gasteiger partial charge in [-0.2, -0.15) is 9.78 Å². The fourth-order valence-corrected chi connectivity index (χ4v) is 4.81. The van der Waals surface area contributed by atoms with E-state index in [0.717, 1.165) is 35.9 Å². The minimum absolute atomic E-state index is 0.242. The molecular weight excluding hydrogens is 491 g/mol. The molecule has 0 fully saturated rings. The van der Waals surface area contributed by atoms with Gasteiger partial charge in [-0.3, -0.25) is 4.79 Å². The van der Waals surface area contributed by atoms with Gasteiger partial charge in [0.1, 0.15) is 22.9 Å². The number of aromatic nitrogens is 3. The average molecular weight is 529 g/mol. The van der Waals surface area contributed by atoms with E-state index in [-0.39, 0.29) is 18.5 Å². The molecule has 2 aromatic heterocycles. The third-order valence-corrected chi connectivity index (χ3v) is 6.40. The molecule has 1 aliphatic rings. The van der Waals surface area contributed by atoms with Crippen molar-refractivity contribution in [3.05, 3.63) is 39.3 Å². The number of pyridine rings is 1. The molecule has 0 saturated heterocycles. The molecule has 1 atom stereocenters. The number of hydrogen-bond donors (Lipinski definition) is 1. The van der Waals surface area contributed by atoms with E-state index >= 15 is 4.39 Å². The van der Waals surface area contributed by atoms with E-state index in [2.05, 4.69) is 10.4 Å². The van der Waals surface area contributed by atoms with Crippen LogP contribution in [0, 0.1) is 6.92 Å². The van der Waals surface area contributed by atoms with Crippen LogP contribution in [0.5, 0.6) is 0 Å². The highest BCUT2D eigenvalue weighted by Crippen LogP contribution is 2.31. The summed E-state index contributed by atoms with van der Waals surface area (Å²) in [6.07, 6.45) is 0.923. The highest BCUT2D eigenvalue weighted by molar-refractivity contribution is 6.05. The molecule has 3 aromatic rings. The molecule has 38 heavy (non-hydrogen) atoms.